The number of anilines is 1. The number of carbonyl (C=O) groups excluding carboxylic acids is 1. The van der Waals surface area contributed by atoms with Gasteiger partial charge in [0.05, 0.1) is 11.4 Å². The summed E-state index contributed by atoms with van der Waals surface area (Å²) in [6.07, 6.45) is 8.84. The first-order chi connectivity index (χ1) is 15.2. The molecule has 2 heterocycles. The minimum Gasteiger partial charge on any atom is -0.302 e. The normalized spacial score (nSPS) is 10.9. The fourth-order valence-corrected chi connectivity index (χ4v) is 4.67. The molecule has 0 unspecified atom stereocenters. The second-order valence-electron chi connectivity index (χ2n) is 7.20. The van der Waals surface area contributed by atoms with Crippen LogP contribution in [0.25, 0.3) is 11.3 Å². The molecule has 0 atom stereocenters. The van der Waals surface area contributed by atoms with E-state index < -0.39 is 0 Å². The Balaban J connectivity index is 1.52. The van der Waals surface area contributed by atoms with E-state index in [2.05, 4.69) is 38.6 Å². The third kappa shape index (κ3) is 7.04. The number of rotatable bonds is 13. The molecule has 0 spiro atoms. The van der Waals surface area contributed by atoms with E-state index in [0.29, 0.717) is 11.7 Å². The lowest BCUT2D eigenvalue weighted by molar-refractivity contribution is -0.113. The van der Waals surface area contributed by atoms with Crippen LogP contribution in [0.15, 0.2) is 53.5 Å². The molecule has 31 heavy (non-hydrogen) atoms. The summed E-state index contributed by atoms with van der Waals surface area (Å²) in [5.74, 6) is 1.12. The minimum atomic E-state index is -0.103. The number of unbranched alkanes of at least 4 members (excludes halogenated alkanes) is 4. The maximum Gasteiger partial charge on any atom is 0.236 e. The topological polar surface area (TPSA) is 72.7 Å². The van der Waals surface area contributed by atoms with Gasteiger partial charge in [0.25, 0.3) is 0 Å². The number of carbonyl (C=O) groups is 1. The molecule has 0 aliphatic rings. The first-order valence-electron chi connectivity index (χ1n) is 10.7. The van der Waals surface area contributed by atoms with Crippen molar-refractivity contribution < 1.29 is 4.79 Å². The number of aromatic nitrogens is 4. The predicted molar refractivity (Wildman–Crippen MR) is 130 cm³/mol. The van der Waals surface area contributed by atoms with Gasteiger partial charge in [-0.25, -0.2) is 4.98 Å². The lowest BCUT2D eigenvalue weighted by Crippen LogP contribution is -2.14. The molecular weight excluding hydrogens is 426 g/mol. The van der Waals surface area contributed by atoms with Crippen molar-refractivity contribution in [2.45, 2.75) is 57.1 Å². The highest BCUT2D eigenvalue weighted by Crippen LogP contribution is 2.25. The summed E-state index contributed by atoms with van der Waals surface area (Å²) in [7, 11) is 0. The van der Waals surface area contributed by atoms with E-state index >= 15 is 0 Å². The number of benzene rings is 1. The minimum absolute atomic E-state index is 0.103. The van der Waals surface area contributed by atoms with Gasteiger partial charge in [-0.3, -0.25) is 4.79 Å². The van der Waals surface area contributed by atoms with Crippen LogP contribution in [0.1, 0.15) is 44.9 Å². The molecule has 1 aromatic carbocycles. The lowest BCUT2D eigenvalue weighted by Gasteiger charge is -2.07. The lowest BCUT2D eigenvalue weighted by atomic mass is 10.1. The first-order valence-corrected chi connectivity index (χ1v) is 12.5. The van der Waals surface area contributed by atoms with Crippen LogP contribution in [0.4, 0.5) is 5.13 Å². The number of allylic oxidation sites excluding steroid dienone is 1. The Bertz CT molecular complexity index is 968. The molecule has 0 fully saturated rings. The number of thiazole rings is 1. The monoisotopic (exact) mass is 455 g/mol. The number of hydrogen-bond acceptors (Lipinski definition) is 6. The van der Waals surface area contributed by atoms with Gasteiger partial charge in [-0.15, -0.1) is 28.1 Å². The Morgan fingerprint density at radius 1 is 1.19 bits per heavy atom. The largest absolute Gasteiger partial charge is 0.302 e. The highest BCUT2D eigenvalue weighted by atomic mass is 32.2. The fourth-order valence-electron chi connectivity index (χ4n) is 3.17. The maximum atomic E-state index is 12.4. The van der Waals surface area contributed by atoms with Crippen LogP contribution < -0.4 is 5.32 Å². The van der Waals surface area contributed by atoms with Gasteiger partial charge in [0.1, 0.15) is 5.82 Å². The summed E-state index contributed by atoms with van der Waals surface area (Å²) in [5, 5.41) is 14.9. The van der Waals surface area contributed by atoms with E-state index in [9.17, 15) is 4.79 Å². The summed E-state index contributed by atoms with van der Waals surface area (Å²) in [6, 6.07) is 9.93. The van der Waals surface area contributed by atoms with E-state index in [1.165, 1.54) is 48.8 Å². The van der Waals surface area contributed by atoms with Crippen LogP contribution in [0, 0.1) is 0 Å². The summed E-state index contributed by atoms with van der Waals surface area (Å²) in [6.45, 7) is 6.71. The zero-order chi connectivity index (χ0) is 21.9. The molecule has 0 saturated heterocycles. The van der Waals surface area contributed by atoms with Gasteiger partial charge in [-0.05, 0) is 6.42 Å². The molecule has 2 aromatic heterocycles. The maximum absolute atomic E-state index is 12.4. The molecule has 0 saturated carbocycles. The quantitative estimate of drug-likeness (QED) is 0.199. The van der Waals surface area contributed by atoms with Crippen molar-refractivity contribution in [3.63, 3.8) is 0 Å². The van der Waals surface area contributed by atoms with Crippen LogP contribution in [0.2, 0.25) is 0 Å². The Morgan fingerprint density at radius 2 is 2.00 bits per heavy atom. The van der Waals surface area contributed by atoms with E-state index in [-0.39, 0.29) is 11.7 Å². The molecule has 6 nitrogen and oxygen atoms in total. The van der Waals surface area contributed by atoms with Crippen LogP contribution in [0.5, 0.6) is 0 Å². The molecule has 0 radical (unpaired) electrons. The number of amides is 1. The number of nitrogens with zero attached hydrogens (tertiary/aromatic N) is 4. The molecule has 1 amide bonds. The highest BCUT2D eigenvalue weighted by molar-refractivity contribution is 7.99. The van der Waals surface area contributed by atoms with Gasteiger partial charge in [0.2, 0.25) is 5.91 Å². The molecule has 3 rings (SSSR count). The van der Waals surface area contributed by atoms with Crippen molar-refractivity contribution in [3.05, 3.63) is 54.2 Å². The zero-order valence-electron chi connectivity index (χ0n) is 17.9. The second-order valence-corrected chi connectivity index (χ2v) is 9.00. The molecule has 0 aliphatic carbocycles. The van der Waals surface area contributed by atoms with Crippen molar-refractivity contribution in [1.29, 1.82) is 0 Å². The summed E-state index contributed by atoms with van der Waals surface area (Å²) in [5.41, 5.74) is 1.90. The average Bonchev–Trinajstić information content (AvgIpc) is 3.40. The van der Waals surface area contributed by atoms with Gasteiger partial charge in [-0.1, -0.05) is 80.8 Å². The molecule has 0 aliphatic heterocycles. The van der Waals surface area contributed by atoms with Crippen molar-refractivity contribution in [2.24, 2.45) is 0 Å². The predicted octanol–water partition coefficient (Wildman–Crippen LogP) is 5.83. The SMILES string of the molecule is C=CCn1c(CCCCCCC)nnc1SCC(=O)Nc1nc(-c2ccccc2)cs1. The summed E-state index contributed by atoms with van der Waals surface area (Å²) < 4.78 is 2.06. The Kier molecular flexibility index (Phi) is 9.30. The zero-order valence-corrected chi connectivity index (χ0v) is 19.6. The number of thioether (sulfide) groups is 1. The van der Waals surface area contributed by atoms with E-state index in [1.807, 2.05) is 41.8 Å². The summed E-state index contributed by atoms with van der Waals surface area (Å²) in [4.78, 5) is 16.9. The molecular formula is C23H29N5OS2. The molecule has 3 aromatic rings. The van der Waals surface area contributed by atoms with E-state index in [1.54, 1.807) is 0 Å². The van der Waals surface area contributed by atoms with Gasteiger partial charge in [-0.2, -0.15) is 0 Å². The highest BCUT2D eigenvalue weighted by Gasteiger charge is 2.14. The van der Waals surface area contributed by atoms with Crippen LogP contribution in [0.3, 0.4) is 0 Å². The molecule has 8 heteroatoms. The van der Waals surface area contributed by atoms with Crippen molar-refractivity contribution >= 4 is 34.1 Å². The third-order valence-electron chi connectivity index (χ3n) is 4.76. The second kappa shape index (κ2) is 12.4. The van der Waals surface area contributed by atoms with Gasteiger partial charge in [0.15, 0.2) is 10.3 Å². The fraction of sp³-hybridized carbons (Fsp3) is 0.391. The number of hydrogen-bond donors (Lipinski definition) is 1. The molecule has 1 N–H and O–H groups in total. The number of aryl methyl sites for hydroxylation is 1. The Labute approximate surface area is 192 Å². The van der Waals surface area contributed by atoms with Crippen molar-refractivity contribution in [1.82, 2.24) is 19.7 Å². The van der Waals surface area contributed by atoms with Crippen molar-refractivity contribution in [2.75, 3.05) is 11.1 Å². The Morgan fingerprint density at radius 3 is 2.77 bits per heavy atom. The standard InChI is InChI=1S/C23H29N5OS2/c1-3-5-6-7-11-14-20-26-27-23(28(20)15-4-2)31-17-21(29)25-22-24-19(16-30-22)18-12-9-8-10-13-18/h4,8-10,12-13,16H,2-3,5-7,11,14-15,17H2,1H3,(H,24,25,29). The molecule has 0 bridgehead atoms. The van der Waals surface area contributed by atoms with Gasteiger partial charge < -0.3 is 9.88 Å². The van der Waals surface area contributed by atoms with Gasteiger partial charge in [0, 0.05) is 23.9 Å². The van der Waals surface area contributed by atoms with Crippen LogP contribution in [-0.2, 0) is 17.8 Å². The summed E-state index contributed by atoms with van der Waals surface area (Å²) >= 11 is 2.82. The average molecular weight is 456 g/mol. The van der Waals surface area contributed by atoms with Crippen LogP contribution >= 0.6 is 23.1 Å². The van der Waals surface area contributed by atoms with E-state index in [0.717, 1.165) is 35.1 Å². The first kappa shape index (κ1) is 23.2. The number of nitrogens with one attached hydrogen (secondary N) is 1. The van der Waals surface area contributed by atoms with Crippen LogP contribution in [-0.4, -0.2) is 31.4 Å². The Hall–Kier alpha value is -2.45. The third-order valence-corrected chi connectivity index (χ3v) is 6.49. The molecule has 164 valence electrons. The van der Waals surface area contributed by atoms with Gasteiger partial charge >= 0.3 is 0 Å². The van der Waals surface area contributed by atoms with Crippen molar-refractivity contribution in [3.8, 4) is 11.3 Å². The smallest absolute Gasteiger partial charge is 0.236 e. The van der Waals surface area contributed by atoms with E-state index in [4.69, 9.17) is 0 Å².